The lowest BCUT2D eigenvalue weighted by molar-refractivity contribution is -0.165. The minimum absolute atomic E-state index is 0.0618. The highest BCUT2D eigenvalue weighted by molar-refractivity contribution is 5.80. The van der Waals surface area contributed by atoms with Gasteiger partial charge in [-0.3, -0.25) is 4.79 Å². The fourth-order valence-corrected chi connectivity index (χ4v) is 2.13. The van der Waals surface area contributed by atoms with E-state index in [0.29, 0.717) is 17.2 Å². The van der Waals surface area contributed by atoms with Crippen LogP contribution >= 0.6 is 0 Å². The molecule has 0 atom stereocenters. The standard InChI is InChI=1S/C13H14F3N9O/c14-13(15,16)12(22-23-12)4-1-5-17-10(26)7-19-9-3-2-8(6-18-9)11-20-24-25-21-11/h2-3,6H,1,4-5,7H2,(H,17,26)(H,18,19)(H,20,21,24,25). The van der Waals surface area contributed by atoms with Crippen LogP contribution in [0.15, 0.2) is 28.6 Å². The Morgan fingerprint density at radius 3 is 2.65 bits per heavy atom. The molecule has 0 saturated carbocycles. The van der Waals surface area contributed by atoms with Gasteiger partial charge in [0.1, 0.15) is 5.82 Å². The van der Waals surface area contributed by atoms with Gasteiger partial charge < -0.3 is 10.6 Å². The van der Waals surface area contributed by atoms with Crippen LogP contribution in [0.1, 0.15) is 12.8 Å². The van der Waals surface area contributed by atoms with Crippen LogP contribution in [0.5, 0.6) is 0 Å². The second-order valence-electron chi connectivity index (χ2n) is 5.49. The van der Waals surface area contributed by atoms with Gasteiger partial charge in [-0.15, -0.1) is 20.4 Å². The monoisotopic (exact) mass is 369 g/mol. The minimum Gasteiger partial charge on any atom is -0.361 e. The average Bonchev–Trinajstić information content (AvgIpc) is 3.22. The number of aromatic nitrogens is 5. The number of aromatic amines is 1. The van der Waals surface area contributed by atoms with Crippen molar-refractivity contribution in [3.05, 3.63) is 18.3 Å². The van der Waals surface area contributed by atoms with Gasteiger partial charge in [0.05, 0.1) is 6.54 Å². The van der Waals surface area contributed by atoms with Crippen molar-refractivity contribution in [2.24, 2.45) is 10.2 Å². The number of nitrogens with one attached hydrogen (secondary N) is 3. The van der Waals surface area contributed by atoms with E-state index in [2.05, 4.69) is 46.5 Å². The molecule has 0 aliphatic carbocycles. The topological polar surface area (TPSA) is 133 Å². The van der Waals surface area contributed by atoms with E-state index in [1.54, 1.807) is 12.1 Å². The number of carbonyl (C=O) groups is 1. The Labute approximate surface area is 144 Å². The van der Waals surface area contributed by atoms with Crippen molar-refractivity contribution in [1.29, 1.82) is 0 Å². The smallest absolute Gasteiger partial charge is 0.361 e. The summed E-state index contributed by atoms with van der Waals surface area (Å²) in [5.74, 6) is 0.492. The zero-order chi connectivity index (χ0) is 18.6. The molecule has 0 saturated heterocycles. The molecule has 2 aromatic heterocycles. The molecule has 10 nitrogen and oxygen atoms in total. The van der Waals surface area contributed by atoms with Gasteiger partial charge in [-0.25, -0.2) is 4.98 Å². The highest BCUT2D eigenvalue weighted by Gasteiger charge is 2.63. The second-order valence-corrected chi connectivity index (χ2v) is 5.49. The number of alkyl halides is 3. The van der Waals surface area contributed by atoms with Crippen molar-refractivity contribution in [2.45, 2.75) is 24.7 Å². The first-order chi connectivity index (χ1) is 12.4. The highest BCUT2D eigenvalue weighted by atomic mass is 19.4. The number of rotatable bonds is 8. The van der Waals surface area contributed by atoms with Crippen LogP contribution in [0.3, 0.4) is 0 Å². The predicted octanol–water partition coefficient (Wildman–Crippen LogP) is 1.29. The van der Waals surface area contributed by atoms with Gasteiger partial charge in [-0.1, -0.05) is 0 Å². The lowest BCUT2D eigenvalue weighted by Crippen LogP contribution is -2.35. The van der Waals surface area contributed by atoms with Gasteiger partial charge in [-0.05, 0) is 23.8 Å². The van der Waals surface area contributed by atoms with Gasteiger partial charge >= 0.3 is 6.18 Å². The molecule has 0 unspecified atom stereocenters. The SMILES string of the molecule is O=C(CNc1ccc(-c2nn[nH]n2)cn1)NCCCC1(C(F)(F)F)N=N1. The quantitative estimate of drug-likeness (QED) is 0.601. The summed E-state index contributed by atoms with van der Waals surface area (Å²) in [4.78, 5) is 15.8. The molecule has 3 N–H and O–H groups in total. The van der Waals surface area contributed by atoms with Crippen molar-refractivity contribution in [2.75, 3.05) is 18.4 Å². The van der Waals surface area contributed by atoms with Gasteiger partial charge in [0.2, 0.25) is 11.7 Å². The highest BCUT2D eigenvalue weighted by Crippen LogP contribution is 2.47. The van der Waals surface area contributed by atoms with E-state index in [0.717, 1.165) is 0 Å². The van der Waals surface area contributed by atoms with E-state index in [1.807, 2.05) is 0 Å². The van der Waals surface area contributed by atoms with Gasteiger partial charge in [0, 0.05) is 24.7 Å². The van der Waals surface area contributed by atoms with Crippen LogP contribution in [0.25, 0.3) is 11.4 Å². The Morgan fingerprint density at radius 1 is 1.27 bits per heavy atom. The molecule has 1 aliphatic heterocycles. The van der Waals surface area contributed by atoms with Crippen molar-refractivity contribution in [3.8, 4) is 11.4 Å². The Morgan fingerprint density at radius 2 is 2.08 bits per heavy atom. The van der Waals surface area contributed by atoms with Crippen molar-refractivity contribution in [1.82, 2.24) is 30.9 Å². The second kappa shape index (κ2) is 7.01. The molecule has 138 valence electrons. The maximum absolute atomic E-state index is 12.6. The Kier molecular flexibility index (Phi) is 4.77. The van der Waals surface area contributed by atoms with Crippen LogP contribution in [0, 0.1) is 0 Å². The Hall–Kier alpha value is -3.12. The summed E-state index contributed by atoms with van der Waals surface area (Å²) >= 11 is 0. The summed E-state index contributed by atoms with van der Waals surface area (Å²) < 4.78 is 37.8. The van der Waals surface area contributed by atoms with Gasteiger partial charge in [0.25, 0.3) is 5.66 Å². The minimum atomic E-state index is -4.47. The number of H-pyrrole nitrogens is 1. The van der Waals surface area contributed by atoms with Crippen LogP contribution in [0.4, 0.5) is 19.0 Å². The number of carbonyl (C=O) groups excluding carboxylic acids is 1. The zero-order valence-electron chi connectivity index (χ0n) is 13.3. The fourth-order valence-electron chi connectivity index (χ4n) is 2.13. The Balaban J connectivity index is 1.35. The number of anilines is 1. The van der Waals surface area contributed by atoms with Crippen LogP contribution in [-0.4, -0.2) is 56.4 Å². The van der Waals surface area contributed by atoms with E-state index in [4.69, 9.17) is 0 Å². The molecule has 0 fully saturated rings. The molecule has 3 rings (SSSR count). The summed E-state index contributed by atoms with van der Waals surface area (Å²) in [6.07, 6.45) is -3.11. The number of hydrogen-bond acceptors (Lipinski definition) is 8. The molecular weight excluding hydrogens is 355 g/mol. The van der Waals surface area contributed by atoms with Gasteiger partial charge in [0.15, 0.2) is 0 Å². The number of amides is 1. The van der Waals surface area contributed by atoms with Crippen LogP contribution in [-0.2, 0) is 4.79 Å². The molecule has 0 radical (unpaired) electrons. The third kappa shape index (κ3) is 4.10. The molecule has 26 heavy (non-hydrogen) atoms. The predicted molar refractivity (Wildman–Crippen MR) is 81.8 cm³/mol. The fraction of sp³-hybridized carbons (Fsp3) is 0.462. The molecule has 0 bridgehead atoms. The van der Waals surface area contributed by atoms with E-state index >= 15 is 0 Å². The summed E-state index contributed by atoms with van der Waals surface area (Å²) in [5, 5.41) is 24.9. The first kappa shape index (κ1) is 17.7. The normalized spacial score (nSPS) is 14.9. The first-order valence-corrected chi connectivity index (χ1v) is 7.61. The molecule has 13 heteroatoms. The van der Waals surface area contributed by atoms with Crippen molar-refractivity contribution in [3.63, 3.8) is 0 Å². The Bertz CT molecular complexity index is 767. The van der Waals surface area contributed by atoms with E-state index in [-0.39, 0.29) is 31.8 Å². The van der Waals surface area contributed by atoms with E-state index in [1.165, 1.54) is 6.20 Å². The summed E-state index contributed by atoms with van der Waals surface area (Å²) in [6, 6.07) is 3.35. The molecule has 0 spiro atoms. The maximum Gasteiger partial charge on any atom is 0.437 e. The van der Waals surface area contributed by atoms with Crippen LogP contribution < -0.4 is 10.6 Å². The lowest BCUT2D eigenvalue weighted by atomic mass is 10.1. The van der Waals surface area contributed by atoms with Crippen molar-refractivity contribution < 1.29 is 18.0 Å². The number of hydrogen-bond donors (Lipinski definition) is 3. The van der Waals surface area contributed by atoms with Crippen LogP contribution in [0.2, 0.25) is 0 Å². The lowest BCUT2D eigenvalue weighted by Gasteiger charge is -2.14. The largest absolute Gasteiger partial charge is 0.437 e. The number of pyridine rings is 1. The number of tetrazole rings is 1. The first-order valence-electron chi connectivity index (χ1n) is 7.61. The third-order valence-electron chi connectivity index (χ3n) is 3.62. The molecule has 2 aromatic rings. The van der Waals surface area contributed by atoms with E-state index < -0.39 is 11.8 Å². The third-order valence-corrected chi connectivity index (χ3v) is 3.62. The van der Waals surface area contributed by atoms with Gasteiger partial charge in [-0.2, -0.15) is 18.4 Å². The van der Waals surface area contributed by atoms with E-state index in [9.17, 15) is 18.0 Å². The summed E-state index contributed by atoms with van der Waals surface area (Å²) in [6.45, 7) is 0.0430. The summed E-state index contributed by atoms with van der Waals surface area (Å²) in [7, 11) is 0. The zero-order valence-corrected chi connectivity index (χ0v) is 13.3. The molecule has 0 aromatic carbocycles. The molecular formula is C13H14F3N9O. The number of nitrogens with zero attached hydrogens (tertiary/aromatic N) is 6. The van der Waals surface area contributed by atoms with Crippen molar-refractivity contribution >= 4 is 11.7 Å². The summed E-state index contributed by atoms with van der Waals surface area (Å²) in [5.41, 5.74) is -1.61. The molecule has 1 amide bonds. The number of halogens is 3. The maximum atomic E-state index is 12.6. The average molecular weight is 369 g/mol. The molecule has 1 aliphatic rings. The molecule has 3 heterocycles.